The zero-order valence-electron chi connectivity index (χ0n) is 13.4. The van der Waals surface area contributed by atoms with Gasteiger partial charge in [0.25, 0.3) is 5.91 Å². The van der Waals surface area contributed by atoms with E-state index in [2.05, 4.69) is 0 Å². The van der Waals surface area contributed by atoms with Crippen molar-refractivity contribution in [2.75, 3.05) is 6.26 Å². The zero-order chi connectivity index (χ0) is 20.1. The fourth-order valence-corrected chi connectivity index (χ4v) is 3.85. The third-order valence-corrected chi connectivity index (χ3v) is 5.19. The predicted molar refractivity (Wildman–Crippen MR) is 102 cm³/mol. The van der Waals surface area contributed by atoms with Crippen molar-refractivity contribution in [3.63, 3.8) is 0 Å². The van der Waals surface area contributed by atoms with E-state index in [1.807, 2.05) is 0 Å². The summed E-state index contributed by atoms with van der Waals surface area (Å²) in [7, 11) is -3.87. The van der Waals surface area contributed by atoms with Crippen LogP contribution in [0, 0.1) is 5.82 Å². The van der Waals surface area contributed by atoms with Crippen LogP contribution in [0.1, 0.15) is 10.4 Å². The van der Waals surface area contributed by atoms with Gasteiger partial charge in [-0.25, -0.2) is 17.5 Å². The standard InChI is InChI=1S/C16H10Cl3FN2O4S/c1-27(25,26)21-16(24)7-4-8(17)12(5-10(7)20)22-6-9(18)14-11(22)2-3-13(23)15(14)19/h2-6,23H,1H3,(H,21,24). The Morgan fingerprint density at radius 3 is 2.48 bits per heavy atom. The molecule has 142 valence electrons. The van der Waals surface area contributed by atoms with E-state index in [0.717, 1.165) is 18.4 Å². The highest BCUT2D eigenvalue weighted by Gasteiger charge is 2.21. The second-order valence-electron chi connectivity index (χ2n) is 5.63. The SMILES string of the molecule is CS(=O)(=O)NC(=O)c1cc(Cl)c(-n2cc(Cl)c3c(Cl)c(O)ccc32)cc1F. The van der Waals surface area contributed by atoms with Gasteiger partial charge in [-0.3, -0.25) is 4.79 Å². The first-order valence-corrected chi connectivity index (χ1v) is 10.2. The van der Waals surface area contributed by atoms with Crippen LogP contribution in [0.3, 0.4) is 0 Å². The number of halogens is 4. The van der Waals surface area contributed by atoms with E-state index < -0.39 is 27.3 Å². The van der Waals surface area contributed by atoms with Gasteiger partial charge in [-0.15, -0.1) is 0 Å². The number of nitrogens with one attached hydrogen (secondary N) is 1. The normalized spacial score (nSPS) is 11.7. The molecule has 0 fully saturated rings. The minimum absolute atomic E-state index is 0.0250. The number of nitrogens with zero attached hydrogens (tertiary/aromatic N) is 1. The molecule has 0 saturated heterocycles. The van der Waals surface area contributed by atoms with E-state index in [9.17, 15) is 22.7 Å². The van der Waals surface area contributed by atoms with Crippen molar-refractivity contribution in [3.8, 4) is 11.4 Å². The molecule has 1 amide bonds. The molecule has 0 atom stereocenters. The van der Waals surface area contributed by atoms with Crippen molar-refractivity contribution < 1.29 is 22.7 Å². The summed E-state index contributed by atoms with van der Waals surface area (Å²) in [4.78, 5) is 11.9. The van der Waals surface area contributed by atoms with Crippen LogP contribution in [0.5, 0.6) is 5.75 Å². The molecule has 0 aliphatic heterocycles. The Bertz CT molecular complexity index is 1210. The summed E-state index contributed by atoms with van der Waals surface area (Å²) in [6.45, 7) is 0. The second kappa shape index (κ2) is 6.87. The highest BCUT2D eigenvalue weighted by Crippen LogP contribution is 2.39. The number of fused-ring (bicyclic) bond motifs is 1. The monoisotopic (exact) mass is 450 g/mol. The number of carbonyl (C=O) groups is 1. The van der Waals surface area contributed by atoms with Crippen molar-refractivity contribution in [3.05, 3.63) is 56.9 Å². The van der Waals surface area contributed by atoms with Gasteiger partial charge in [0.15, 0.2) is 0 Å². The lowest BCUT2D eigenvalue weighted by molar-refractivity contribution is 0.0978. The van der Waals surface area contributed by atoms with Gasteiger partial charge in [-0.05, 0) is 18.2 Å². The number of sulfonamides is 1. The fourth-order valence-electron chi connectivity index (χ4n) is 2.55. The molecule has 27 heavy (non-hydrogen) atoms. The van der Waals surface area contributed by atoms with Crippen LogP contribution in [0.15, 0.2) is 30.5 Å². The minimum Gasteiger partial charge on any atom is -0.506 e. The van der Waals surface area contributed by atoms with Gasteiger partial charge in [0.1, 0.15) is 11.6 Å². The molecule has 1 aromatic heterocycles. The largest absolute Gasteiger partial charge is 0.506 e. The van der Waals surface area contributed by atoms with Gasteiger partial charge in [-0.2, -0.15) is 0 Å². The highest BCUT2D eigenvalue weighted by atomic mass is 35.5. The number of phenolic OH excluding ortho intramolecular Hbond substituents is 1. The molecule has 1 heterocycles. The lowest BCUT2D eigenvalue weighted by Gasteiger charge is -2.11. The van der Waals surface area contributed by atoms with E-state index in [1.54, 1.807) is 4.72 Å². The second-order valence-corrected chi connectivity index (χ2v) is 8.57. The maximum atomic E-state index is 14.5. The fraction of sp³-hybridized carbons (Fsp3) is 0.0625. The van der Waals surface area contributed by atoms with E-state index in [-0.39, 0.29) is 26.5 Å². The Morgan fingerprint density at radius 2 is 1.85 bits per heavy atom. The molecule has 6 nitrogen and oxygen atoms in total. The molecule has 0 spiro atoms. The summed E-state index contributed by atoms with van der Waals surface area (Å²) in [5.74, 6) is -2.31. The topological polar surface area (TPSA) is 88.4 Å². The molecule has 0 unspecified atom stereocenters. The lowest BCUT2D eigenvalue weighted by Crippen LogP contribution is -2.30. The summed E-state index contributed by atoms with van der Waals surface area (Å²) < 4.78 is 39.9. The number of aromatic hydroxyl groups is 1. The molecule has 2 aromatic carbocycles. The van der Waals surface area contributed by atoms with Crippen molar-refractivity contribution in [1.82, 2.24) is 9.29 Å². The number of hydrogen-bond donors (Lipinski definition) is 2. The summed E-state index contributed by atoms with van der Waals surface area (Å²) in [5, 5.41) is 10.3. The van der Waals surface area contributed by atoms with Crippen LogP contribution in [0.25, 0.3) is 16.6 Å². The van der Waals surface area contributed by atoms with Gasteiger partial charge in [0.2, 0.25) is 10.0 Å². The van der Waals surface area contributed by atoms with Crippen molar-refractivity contribution in [2.24, 2.45) is 0 Å². The third kappa shape index (κ3) is 3.70. The Kier molecular flexibility index (Phi) is 5.02. The average Bonchev–Trinajstić information content (AvgIpc) is 2.88. The Balaban J connectivity index is 2.17. The smallest absolute Gasteiger partial charge is 0.267 e. The van der Waals surface area contributed by atoms with E-state index in [4.69, 9.17) is 34.8 Å². The number of hydrogen-bond acceptors (Lipinski definition) is 4. The molecule has 0 aliphatic carbocycles. The molecule has 11 heteroatoms. The van der Waals surface area contributed by atoms with Crippen molar-refractivity contribution >= 4 is 61.6 Å². The quantitative estimate of drug-likeness (QED) is 0.627. The molecule has 3 rings (SSSR count). The van der Waals surface area contributed by atoms with Crippen molar-refractivity contribution in [1.29, 1.82) is 0 Å². The summed E-state index contributed by atoms with van der Waals surface area (Å²) in [5.41, 5.74) is 0.0496. The zero-order valence-corrected chi connectivity index (χ0v) is 16.5. The molecular formula is C16H10Cl3FN2O4S. The van der Waals surface area contributed by atoms with Gasteiger partial charge < -0.3 is 9.67 Å². The van der Waals surface area contributed by atoms with Crippen molar-refractivity contribution in [2.45, 2.75) is 0 Å². The minimum atomic E-state index is -3.87. The van der Waals surface area contributed by atoms with E-state index in [0.29, 0.717) is 10.9 Å². The number of carbonyl (C=O) groups excluding carboxylic acids is 1. The van der Waals surface area contributed by atoms with Crippen LogP contribution in [-0.2, 0) is 10.0 Å². The predicted octanol–water partition coefficient (Wildman–Crippen LogP) is 4.12. The first-order valence-electron chi connectivity index (χ1n) is 7.19. The Hall–Kier alpha value is -2.00. The van der Waals surface area contributed by atoms with Crippen LogP contribution >= 0.6 is 34.8 Å². The lowest BCUT2D eigenvalue weighted by atomic mass is 10.1. The third-order valence-electron chi connectivity index (χ3n) is 3.66. The van der Waals surface area contributed by atoms with E-state index >= 15 is 0 Å². The van der Waals surface area contributed by atoms with Crippen LogP contribution in [0.4, 0.5) is 4.39 Å². The Labute approximate surface area is 168 Å². The maximum Gasteiger partial charge on any atom is 0.267 e. The van der Waals surface area contributed by atoms with Gasteiger partial charge in [-0.1, -0.05) is 34.8 Å². The number of phenols is 1. The number of aromatic nitrogens is 1. The molecule has 0 aliphatic rings. The molecule has 2 N–H and O–H groups in total. The van der Waals surface area contributed by atoms with E-state index in [1.165, 1.54) is 22.9 Å². The van der Waals surface area contributed by atoms with Crippen LogP contribution < -0.4 is 4.72 Å². The highest BCUT2D eigenvalue weighted by molar-refractivity contribution is 7.89. The summed E-state index contributed by atoms with van der Waals surface area (Å²) >= 11 is 18.4. The first-order chi connectivity index (χ1) is 12.5. The van der Waals surface area contributed by atoms with Gasteiger partial charge in [0, 0.05) is 17.6 Å². The number of benzene rings is 2. The molecule has 0 bridgehead atoms. The van der Waals surface area contributed by atoms with Gasteiger partial charge in [0.05, 0.1) is 38.1 Å². The van der Waals surface area contributed by atoms with Crippen LogP contribution in [0.2, 0.25) is 15.1 Å². The van der Waals surface area contributed by atoms with Gasteiger partial charge >= 0.3 is 0 Å². The average molecular weight is 452 g/mol. The molecule has 3 aromatic rings. The molecular weight excluding hydrogens is 442 g/mol. The summed E-state index contributed by atoms with van der Waals surface area (Å²) in [6, 6.07) is 4.83. The molecule has 0 saturated carbocycles. The summed E-state index contributed by atoms with van der Waals surface area (Å²) in [6.07, 6.45) is 2.19. The van der Waals surface area contributed by atoms with Crippen LogP contribution in [-0.4, -0.2) is 30.3 Å². The number of amides is 1. The molecule has 0 radical (unpaired) electrons. The number of rotatable bonds is 3. The maximum absolute atomic E-state index is 14.5. The Morgan fingerprint density at radius 1 is 1.19 bits per heavy atom. The first kappa shape index (κ1) is 19.8.